The largest absolute Gasteiger partial charge is 0.484 e. The molecule has 130 valence electrons. The summed E-state index contributed by atoms with van der Waals surface area (Å²) in [6, 6.07) is 6.31. The van der Waals surface area contributed by atoms with E-state index in [0.717, 1.165) is 19.4 Å². The normalized spacial score (nSPS) is 26.5. The molecular formula is C18H24N2O4. The minimum absolute atomic E-state index is 0.00898. The minimum Gasteiger partial charge on any atom is -0.484 e. The SMILES string of the molecule is C[C@@H]1CCN(C(=O)COc2cccc([N+](=O)[O-])c2)[C@@H]2CCCC[C@@H]12. The zero-order chi connectivity index (χ0) is 17.1. The van der Waals surface area contributed by atoms with Crippen LogP contribution in [0.5, 0.6) is 5.75 Å². The summed E-state index contributed by atoms with van der Waals surface area (Å²) in [5.74, 6) is 1.64. The van der Waals surface area contributed by atoms with Crippen LogP contribution in [0.25, 0.3) is 0 Å². The average Bonchev–Trinajstić information content (AvgIpc) is 2.60. The van der Waals surface area contributed by atoms with Crippen LogP contribution in [-0.2, 0) is 4.79 Å². The number of likely N-dealkylation sites (tertiary alicyclic amines) is 1. The standard InChI is InChI=1S/C18H24N2O4/c1-13-9-10-19(17-8-3-2-7-16(13)17)18(21)12-24-15-6-4-5-14(11-15)20(22)23/h4-6,11,13,16-17H,2-3,7-10,12H2,1H3/t13-,16+,17-/m1/s1. The van der Waals surface area contributed by atoms with Gasteiger partial charge in [0.05, 0.1) is 11.0 Å². The third-order valence-corrected chi connectivity index (χ3v) is 5.45. The van der Waals surface area contributed by atoms with Crippen molar-refractivity contribution in [2.24, 2.45) is 11.8 Å². The van der Waals surface area contributed by atoms with Gasteiger partial charge in [0, 0.05) is 18.7 Å². The number of ether oxygens (including phenoxy) is 1. The first-order chi connectivity index (χ1) is 11.6. The third kappa shape index (κ3) is 3.52. The van der Waals surface area contributed by atoms with Crippen molar-refractivity contribution in [3.63, 3.8) is 0 Å². The molecule has 1 aliphatic carbocycles. The summed E-state index contributed by atoms with van der Waals surface area (Å²) in [7, 11) is 0. The number of piperidine rings is 1. The van der Waals surface area contributed by atoms with Crippen molar-refractivity contribution in [3.05, 3.63) is 34.4 Å². The van der Waals surface area contributed by atoms with Gasteiger partial charge in [-0.2, -0.15) is 0 Å². The molecule has 1 heterocycles. The molecule has 1 saturated heterocycles. The summed E-state index contributed by atoms with van der Waals surface area (Å²) >= 11 is 0. The molecule has 3 atom stereocenters. The van der Waals surface area contributed by atoms with E-state index in [0.29, 0.717) is 23.6 Å². The second kappa shape index (κ2) is 7.20. The number of carbonyl (C=O) groups excluding carboxylic acids is 1. The number of benzene rings is 1. The Balaban J connectivity index is 1.62. The van der Waals surface area contributed by atoms with Crippen LogP contribution in [0.2, 0.25) is 0 Å². The Morgan fingerprint density at radius 1 is 1.33 bits per heavy atom. The molecular weight excluding hydrogens is 308 g/mol. The number of nitro groups is 1. The van der Waals surface area contributed by atoms with E-state index in [4.69, 9.17) is 4.74 Å². The van der Waals surface area contributed by atoms with Crippen LogP contribution in [0.4, 0.5) is 5.69 Å². The number of non-ortho nitro benzene ring substituents is 1. The maximum Gasteiger partial charge on any atom is 0.273 e. The van der Waals surface area contributed by atoms with Gasteiger partial charge in [-0.05, 0) is 37.2 Å². The summed E-state index contributed by atoms with van der Waals surface area (Å²) in [5, 5.41) is 10.8. The highest BCUT2D eigenvalue weighted by atomic mass is 16.6. The van der Waals surface area contributed by atoms with E-state index in [1.807, 2.05) is 4.90 Å². The molecule has 1 aliphatic heterocycles. The fourth-order valence-corrected chi connectivity index (χ4v) is 4.14. The molecule has 1 amide bonds. The predicted octanol–water partition coefficient (Wildman–Crippen LogP) is 3.40. The molecule has 2 aliphatic rings. The van der Waals surface area contributed by atoms with Gasteiger partial charge in [-0.3, -0.25) is 14.9 Å². The fourth-order valence-electron chi connectivity index (χ4n) is 4.14. The zero-order valence-electron chi connectivity index (χ0n) is 14.0. The van der Waals surface area contributed by atoms with Crippen LogP contribution in [0.15, 0.2) is 24.3 Å². The Morgan fingerprint density at radius 3 is 2.92 bits per heavy atom. The van der Waals surface area contributed by atoms with Crippen molar-refractivity contribution in [3.8, 4) is 5.75 Å². The van der Waals surface area contributed by atoms with Crippen molar-refractivity contribution in [1.82, 2.24) is 4.90 Å². The lowest BCUT2D eigenvalue weighted by molar-refractivity contribution is -0.384. The third-order valence-electron chi connectivity index (χ3n) is 5.45. The van der Waals surface area contributed by atoms with Crippen LogP contribution in [0, 0.1) is 22.0 Å². The van der Waals surface area contributed by atoms with E-state index < -0.39 is 4.92 Å². The number of carbonyl (C=O) groups is 1. The molecule has 1 saturated carbocycles. The number of hydrogen-bond donors (Lipinski definition) is 0. The van der Waals surface area contributed by atoms with Crippen LogP contribution in [-0.4, -0.2) is 34.9 Å². The molecule has 0 spiro atoms. The first kappa shape index (κ1) is 16.7. The summed E-state index contributed by atoms with van der Waals surface area (Å²) in [4.78, 5) is 24.9. The Kier molecular flexibility index (Phi) is 5.02. The number of hydrogen-bond acceptors (Lipinski definition) is 4. The van der Waals surface area contributed by atoms with Gasteiger partial charge in [0.15, 0.2) is 6.61 Å². The number of amides is 1. The summed E-state index contributed by atoms with van der Waals surface area (Å²) in [5.41, 5.74) is -0.0286. The molecule has 0 bridgehead atoms. The Bertz CT molecular complexity index is 619. The lowest BCUT2D eigenvalue weighted by Gasteiger charge is -2.47. The van der Waals surface area contributed by atoms with Crippen molar-refractivity contribution in [2.75, 3.05) is 13.2 Å². The summed E-state index contributed by atoms with van der Waals surface area (Å²) in [6.07, 6.45) is 5.78. The molecule has 24 heavy (non-hydrogen) atoms. The van der Waals surface area contributed by atoms with Crippen LogP contribution in [0.1, 0.15) is 39.0 Å². The van der Waals surface area contributed by atoms with Crippen LogP contribution in [0.3, 0.4) is 0 Å². The van der Waals surface area contributed by atoms with E-state index >= 15 is 0 Å². The highest BCUT2D eigenvalue weighted by Crippen LogP contribution is 2.38. The van der Waals surface area contributed by atoms with Crippen molar-refractivity contribution >= 4 is 11.6 Å². The monoisotopic (exact) mass is 332 g/mol. The van der Waals surface area contributed by atoms with Crippen molar-refractivity contribution in [1.29, 1.82) is 0 Å². The van der Waals surface area contributed by atoms with Gasteiger partial charge in [0.2, 0.25) is 0 Å². The smallest absolute Gasteiger partial charge is 0.273 e. The van der Waals surface area contributed by atoms with Crippen molar-refractivity contribution in [2.45, 2.75) is 45.1 Å². The molecule has 0 aromatic heterocycles. The topological polar surface area (TPSA) is 72.7 Å². The highest BCUT2D eigenvalue weighted by molar-refractivity contribution is 5.78. The molecule has 1 aromatic rings. The van der Waals surface area contributed by atoms with Crippen molar-refractivity contribution < 1.29 is 14.5 Å². The second-order valence-corrected chi connectivity index (χ2v) is 6.91. The first-order valence-electron chi connectivity index (χ1n) is 8.73. The maximum absolute atomic E-state index is 12.6. The maximum atomic E-state index is 12.6. The summed E-state index contributed by atoms with van der Waals surface area (Å²) in [6.45, 7) is 3.03. The molecule has 0 N–H and O–H groups in total. The van der Waals surface area contributed by atoms with Gasteiger partial charge in [-0.15, -0.1) is 0 Å². The van der Waals surface area contributed by atoms with Gasteiger partial charge in [-0.1, -0.05) is 25.8 Å². The second-order valence-electron chi connectivity index (χ2n) is 6.91. The van der Waals surface area contributed by atoms with Gasteiger partial charge in [-0.25, -0.2) is 0 Å². The molecule has 2 fully saturated rings. The van der Waals surface area contributed by atoms with Gasteiger partial charge in [0.25, 0.3) is 11.6 Å². The van der Waals surface area contributed by atoms with E-state index in [9.17, 15) is 14.9 Å². The lowest BCUT2D eigenvalue weighted by atomic mass is 9.72. The van der Waals surface area contributed by atoms with E-state index in [1.165, 1.54) is 31.4 Å². The predicted molar refractivity (Wildman–Crippen MR) is 89.8 cm³/mol. The van der Waals surface area contributed by atoms with E-state index in [-0.39, 0.29) is 18.2 Å². The molecule has 0 radical (unpaired) electrons. The lowest BCUT2D eigenvalue weighted by Crippen LogP contribution is -2.53. The zero-order valence-corrected chi connectivity index (χ0v) is 14.0. The number of nitrogens with zero attached hydrogens (tertiary/aromatic N) is 2. The number of fused-ring (bicyclic) bond motifs is 1. The Morgan fingerprint density at radius 2 is 2.12 bits per heavy atom. The van der Waals surface area contributed by atoms with Crippen LogP contribution < -0.4 is 4.74 Å². The summed E-state index contributed by atoms with van der Waals surface area (Å²) < 4.78 is 5.52. The van der Waals surface area contributed by atoms with Crippen LogP contribution >= 0.6 is 0 Å². The average molecular weight is 332 g/mol. The number of nitro benzene ring substituents is 1. The Labute approximate surface area is 141 Å². The fraction of sp³-hybridized carbons (Fsp3) is 0.611. The molecule has 1 aromatic carbocycles. The van der Waals surface area contributed by atoms with E-state index in [1.54, 1.807) is 12.1 Å². The quantitative estimate of drug-likeness (QED) is 0.626. The molecule has 0 unspecified atom stereocenters. The van der Waals surface area contributed by atoms with Gasteiger partial charge < -0.3 is 9.64 Å². The molecule has 3 rings (SSSR count). The number of rotatable bonds is 4. The van der Waals surface area contributed by atoms with Gasteiger partial charge >= 0.3 is 0 Å². The van der Waals surface area contributed by atoms with Gasteiger partial charge in [0.1, 0.15) is 5.75 Å². The molecule has 6 heteroatoms. The first-order valence-corrected chi connectivity index (χ1v) is 8.73. The highest BCUT2D eigenvalue weighted by Gasteiger charge is 2.39. The minimum atomic E-state index is -0.465. The molecule has 6 nitrogen and oxygen atoms in total. The van der Waals surface area contributed by atoms with E-state index in [2.05, 4.69) is 6.92 Å². The Hall–Kier alpha value is -2.11.